The van der Waals surface area contributed by atoms with Crippen molar-refractivity contribution in [2.24, 2.45) is 7.05 Å². The smallest absolute Gasteiger partial charge is 0.311 e. The number of amides is 1. The highest BCUT2D eigenvalue weighted by Crippen LogP contribution is 2.23. The molecule has 0 bridgehead atoms. The van der Waals surface area contributed by atoms with Gasteiger partial charge in [0.2, 0.25) is 5.91 Å². The van der Waals surface area contributed by atoms with Crippen molar-refractivity contribution in [1.82, 2.24) is 19.7 Å². The number of carbonyl (C=O) groups excluding carboxylic acids is 2. The minimum atomic E-state index is -0.348. The Morgan fingerprint density at radius 3 is 2.88 bits per heavy atom. The maximum atomic E-state index is 12.3. The van der Waals surface area contributed by atoms with E-state index in [1.165, 1.54) is 23.1 Å². The fourth-order valence-corrected chi connectivity index (χ4v) is 4.29. The molecular formula is C20H22ClN5O4S2. The quantitative estimate of drug-likeness (QED) is 0.335. The molecule has 170 valence electrons. The van der Waals surface area contributed by atoms with E-state index in [2.05, 4.69) is 20.5 Å². The molecule has 3 rings (SSSR count). The van der Waals surface area contributed by atoms with Crippen LogP contribution < -0.4 is 10.1 Å². The lowest BCUT2D eigenvalue weighted by Crippen LogP contribution is -2.15. The van der Waals surface area contributed by atoms with Crippen molar-refractivity contribution in [3.63, 3.8) is 0 Å². The first-order valence-corrected chi connectivity index (χ1v) is 11.9. The van der Waals surface area contributed by atoms with Gasteiger partial charge in [0, 0.05) is 17.5 Å². The summed E-state index contributed by atoms with van der Waals surface area (Å²) in [6.45, 7) is 4.22. The van der Waals surface area contributed by atoms with Gasteiger partial charge in [0.1, 0.15) is 12.4 Å². The molecular weight excluding hydrogens is 474 g/mol. The van der Waals surface area contributed by atoms with E-state index < -0.39 is 0 Å². The molecule has 1 amide bonds. The Kier molecular flexibility index (Phi) is 8.48. The first-order valence-electron chi connectivity index (χ1n) is 9.65. The van der Waals surface area contributed by atoms with Crippen LogP contribution in [0.1, 0.15) is 24.0 Å². The number of anilines is 1. The number of esters is 1. The number of nitrogens with zero attached hydrogens (tertiary/aromatic N) is 4. The van der Waals surface area contributed by atoms with Gasteiger partial charge in [0.05, 0.1) is 24.5 Å². The second-order valence-corrected chi connectivity index (χ2v) is 8.86. The van der Waals surface area contributed by atoms with Gasteiger partial charge in [0.25, 0.3) is 0 Å². The maximum Gasteiger partial charge on any atom is 0.311 e. The highest BCUT2D eigenvalue weighted by Gasteiger charge is 2.14. The summed E-state index contributed by atoms with van der Waals surface area (Å²) in [7, 11) is 1.82. The fraction of sp³-hybridized carbons (Fsp3) is 0.350. The van der Waals surface area contributed by atoms with Crippen molar-refractivity contribution < 1.29 is 19.1 Å². The number of aryl methyl sites for hydroxylation is 1. The number of hydrogen-bond donors (Lipinski definition) is 1. The van der Waals surface area contributed by atoms with E-state index in [4.69, 9.17) is 21.1 Å². The third-order valence-electron chi connectivity index (χ3n) is 4.18. The zero-order valence-corrected chi connectivity index (χ0v) is 20.1. The van der Waals surface area contributed by atoms with Gasteiger partial charge >= 0.3 is 5.97 Å². The Balaban J connectivity index is 1.48. The van der Waals surface area contributed by atoms with Gasteiger partial charge in [0.15, 0.2) is 16.1 Å². The summed E-state index contributed by atoms with van der Waals surface area (Å²) >= 11 is 8.48. The number of rotatable bonds is 10. The summed E-state index contributed by atoms with van der Waals surface area (Å²) in [6, 6.07) is 5.41. The average Bonchev–Trinajstić information content (AvgIpc) is 3.32. The molecule has 0 fully saturated rings. The van der Waals surface area contributed by atoms with Gasteiger partial charge in [-0.15, -0.1) is 21.5 Å². The number of aromatic nitrogens is 4. The van der Waals surface area contributed by atoms with Crippen LogP contribution in [-0.2, 0) is 34.4 Å². The summed E-state index contributed by atoms with van der Waals surface area (Å²) in [5, 5.41) is 14.4. The molecule has 0 radical (unpaired) electrons. The van der Waals surface area contributed by atoms with E-state index in [0.29, 0.717) is 33.4 Å². The molecule has 0 saturated carbocycles. The van der Waals surface area contributed by atoms with Crippen molar-refractivity contribution in [3.8, 4) is 5.75 Å². The van der Waals surface area contributed by atoms with Crippen molar-refractivity contribution in [2.45, 2.75) is 32.0 Å². The van der Waals surface area contributed by atoms with Crippen molar-refractivity contribution >= 4 is 51.7 Å². The number of benzene rings is 1. The number of thioether (sulfide) groups is 1. The molecule has 1 N–H and O–H groups in total. The molecule has 0 aliphatic rings. The van der Waals surface area contributed by atoms with Crippen LogP contribution in [0.15, 0.2) is 28.7 Å². The molecule has 0 unspecified atom stereocenters. The molecule has 1 aromatic carbocycles. The summed E-state index contributed by atoms with van der Waals surface area (Å²) in [6.07, 6.45) is 0.0777. The molecule has 2 aromatic heterocycles. The van der Waals surface area contributed by atoms with E-state index in [1.54, 1.807) is 22.9 Å². The van der Waals surface area contributed by atoms with Gasteiger partial charge in [-0.25, -0.2) is 4.98 Å². The van der Waals surface area contributed by atoms with Gasteiger partial charge in [-0.05, 0) is 37.6 Å². The summed E-state index contributed by atoms with van der Waals surface area (Å²) < 4.78 is 12.5. The van der Waals surface area contributed by atoms with Gasteiger partial charge in [-0.1, -0.05) is 23.4 Å². The van der Waals surface area contributed by atoms with Crippen LogP contribution in [0.25, 0.3) is 0 Å². The Labute approximate surface area is 198 Å². The number of nitrogens with one attached hydrogen (secondary N) is 1. The van der Waals surface area contributed by atoms with E-state index in [9.17, 15) is 9.59 Å². The number of thiazole rings is 1. The van der Waals surface area contributed by atoms with Gasteiger partial charge in [-0.3, -0.25) is 9.59 Å². The summed E-state index contributed by atoms with van der Waals surface area (Å²) in [4.78, 5) is 28.0. The molecule has 0 spiro atoms. The second kappa shape index (κ2) is 11.3. The predicted molar refractivity (Wildman–Crippen MR) is 123 cm³/mol. The maximum absolute atomic E-state index is 12.3. The molecule has 0 aliphatic heterocycles. The lowest BCUT2D eigenvalue weighted by atomic mass is 10.2. The minimum Gasteiger partial charge on any atom is -0.485 e. The lowest BCUT2D eigenvalue weighted by Gasteiger charge is -2.09. The molecule has 32 heavy (non-hydrogen) atoms. The molecule has 3 aromatic rings. The van der Waals surface area contributed by atoms with Crippen molar-refractivity contribution in [2.75, 3.05) is 17.7 Å². The first kappa shape index (κ1) is 24.0. The normalized spacial score (nSPS) is 10.8. The predicted octanol–water partition coefficient (Wildman–Crippen LogP) is 3.65. The molecule has 0 atom stereocenters. The number of carbonyl (C=O) groups is 2. The standard InChI is InChI=1S/C20H22ClN5O4S2/c1-4-29-18(28)8-14-10-31-19(22-14)23-17(27)11-32-20-25-24-16(26(20)3)9-30-15-6-5-13(21)7-12(15)2/h5-7,10H,4,8-9,11H2,1-3H3,(H,22,23,27). The zero-order valence-electron chi connectivity index (χ0n) is 17.8. The van der Waals surface area contributed by atoms with Crippen LogP contribution in [0.2, 0.25) is 5.02 Å². The number of ether oxygens (including phenoxy) is 2. The van der Waals surface area contributed by atoms with Crippen LogP contribution in [0.4, 0.5) is 5.13 Å². The fourth-order valence-electron chi connectivity index (χ4n) is 2.60. The Morgan fingerprint density at radius 1 is 1.31 bits per heavy atom. The molecule has 9 nitrogen and oxygen atoms in total. The second-order valence-electron chi connectivity index (χ2n) is 6.62. The molecule has 0 aliphatic carbocycles. The van der Waals surface area contributed by atoms with Crippen LogP contribution in [0, 0.1) is 6.92 Å². The van der Waals surface area contributed by atoms with E-state index >= 15 is 0 Å². The van der Waals surface area contributed by atoms with Crippen molar-refractivity contribution in [3.05, 3.63) is 45.7 Å². The van der Waals surface area contributed by atoms with E-state index in [1.807, 2.05) is 26.1 Å². The summed E-state index contributed by atoms with van der Waals surface area (Å²) in [5.41, 5.74) is 1.49. The monoisotopic (exact) mass is 495 g/mol. The highest BCUT2D eigenvalue weighted by molar-refractivity contribution is 7.99. The minimum absolute atomic E-state index is 0.0777. The highest BCUT2D eigenvalue weighted by atomic mass is 35.5. The zero-order chi connectivity index (χ0) is 23.1. The number of hydrogen-bond acceptors (Lipinski definition) is 9. The Hall–Kier alpha value is -2.63. The van der Waals surface area contributed by atoms with Crippen LogP contribution in [-0.4, -0.2) is 44.0 Å². The van der Waals surface area contributed by atoms with Crippen LogP contribution in [0.3, 0.4) is 0 Å². The molecule has 12 heteroatoms. The summed E-state index contributed by atoms with van der Waals surface area (Å²) in [5.74, 6) is 0.905. The number of halogens is 1. The lowest BCUT2D eigenvalue weighted by molar-refractivity contribution is -0.142. The molecule has 2 heterocycles. The van der Waals surface area contributed by atoms with Crippen LogP contribution in [0.5, 0.6) is 5.75 Å². The Morgan fingerprint density at radius 2 is 2.12 bits per heavy atom. The van der Waals surface area contributed by atoms with Crippen LogP contribution >= 0.6 is 34.7 Å². The van der Waals surface area contributed by atoms with E-state index in [0.717, 1.165) is 11.3 Å². The molecule has 0 saturated heterocycles. The SMILES string of the molecule is CCOC(=O)Cc1csc(NC(=O)CSc2nnc(COc3ccc(Cl)cc3C)n2C)n1. The largest absolute Gasteiger partial charge is 0.485 e. The van der Waals surface area contributed by atoms with E-state index in [-0.39, 0.29) is 30.7 Å². The first-order chi connectivity index (χ1) is 15.4. The third-order valence-corrected chi connectivity index (χ3v) is 6.24. The van der Waals surface area contributed by atoms with Gasteiger partial charge in [-0.2, -0.15) is 0 Å². The Bertz CT molecular complexity index is 1100. The topological polar surface area (TPSA) is 108 Å². The average molecular weight is 496 g/mol. The van der Waals surface area contributed by atoms with Gasteiger partial charge < -0.3 is 19.4 Å². The van der Waals surface area contributed by atoms with Crippen molar-refractivity contribution in [1.29, 1.82) is 0 Å². The third kappa shape index (κ3) is 6.68.